The Kier molecular flexibility index (Phi) is 4.18. The van der Waals surface area contributed by atoms with Crippen molar-refractivity contribution in [3.63, 3.8) is 0 Å². The molecule has 4 heteroatoms. The SMILES string of the molecule is CC1CCN(C(=O)c2ccc(C#CCO)c(F)c2)C1. The molecule has 0 saturated carbocycles. The molecule has 0 radical (unpaired) electrons. The number of benzene rings is 1. The van der Waals surface area contributed by atoms with Gasteiger partial charge in [0.25, 0.3) is 5.91 Å². The van der Waals surface area contributed by atoms with Gasteiger partial charge in [0.2, 0.25) is 0 Å². The molecular weight excluding hydrogens is 245 g/mol. The molecule has 3 nitrogen and oxygen atoms in total. The molecule has 1 saturated heterocycles. The summed E-state index contributed by atoms with van der Waals surface area (Å²) in [5.74, 6) is 4.73. The fourth-order valence-corrected chi connectivity index (χ4v) is 2.19. The first-order valence-electron chi connectivity index (χ1n) is 6.30. The normalized spacial score (nSPS) is 18.1. The van der Waals surface area contributed by atoms with E-state index in [0.29, 0.717) is 11.5 Å². The van der Waals surface area contributed by atoms with E-state index in [4.69, 9.17) is 5.11 Å². The van der Waals surface area contributed by atoms with Crippen molar-refractivity contribution in [2.75, 3.05) is 19.7 Å². The highest BCUT2D eigenvalue weighted by Crippen LogP contribution is 2.19. The van der Waals surface area contributed by atoms with Crippen LogP contribution in [0.3, 0.4) is 0 Å². The van der Waals surface area contributed by atoms with Crippen molar-refractivity contribution >= 4 is 5.91 Å². The Morgan fingerprint density at radius 1 is 1.58 bits per heavy atom. The molecule has 100 valence electrons. The molecule has 0 aliphatic carbocycles. The van der Waals surface area contributed by atoms with Gasteiger partial charge in [0.1, 0.15) is 12.4 Å². The number of hydrogen-bond acceptors (Lipinski definition) is 2. The molecule has 1 aliphatic heterocycles. The van der Waals surface area contributed by atoms with E-state index in [1.54, 1.807) is 11.0 Å². The van der Waals surface area contributed by atoms with Crippen molar-refractivity contribution in [1.29, 1.82) is 0 Å². The van der Waals surface area contributed by atoms with E-state index in [1.807, 2.05) is 0 Å². The van der Waals surface area contributed by atoms with Crippen molar-refractivity contribution < 1.29 is 14.3 Å². The number of likely N-dealkylation sites (tertiary alicyclic amines) is 1. The molecule has 1 aliphatic rings. The Labute approximate surface area is 112 Å². The van der Waals surface area contributed by atoms with E-state index in [2.05, 4.69) is 18.8 Å². The lowest BCUT2D eigenvalue weighted by molar-refractivity contribution is 0.0787. The summed E-state index contributed by atoms with van der Waals surface area (Å²) in [6.45, 7) is 3.24. The van der Waals surface area contributed by atoms with Crippen LogP contribution in [0.1, 0.15) is 29.3 Å². The zero-order valence-corrected chi connectivity index (χ0v) is 10.8. The summed E-state index contributed by atoms with van der Waals surface area (Å²) in [5.41, 5.74) is 0.543. The van der Waals surface area contributed by atoms with Gasteiger partial charge in [-0.25, -0.2) is 4.39 Å². The van der Waals surface area contributed by atoms with Crippen LogP contribution in [0.25, 0.3) is 0 Å². The molecule has 1 N–H and O–H groups in total. The Morgan fingerprint density at radius 3 is 2.95 bits per heavy atom. The highest BCUT2D eigenvalue weighted by atomic mass is 19.1. The monoisotopic (exact) mass is 261 g/mol. The average molecular weight is 261 g/mol. The topological polar surface area (TPSA) is 40.5 Å². The minimum atomic E-state index is -0.529. The molecule has 1 aromatic carbocycles. The third-order valence-corrected chi connectivity index (χ3v) is 3.23. The lowest BCUT2D eigenvalue weighted by Gasteiger charge is -2.16. The minimum absolute atomic E-state index is 0.134. The van der Waals surface area contributed by atoms with Gasteiger partial charge in [0.05, 0.1) is 5.56 Å². The highest BCUT2D eigenvalue weighted by molar-refractivity contribution is 5.94. The molecule has 1 fully saturated rings. The van der Waals surface area contributed by atoms with Gasteiger partial charge in [0.15, 0.2) is 0 Å². The van der Waals surface area contributed by atoms with Crippen LogP contribution < -0.4 is 0 Å². The summed E-state index contributed by atoms with van der Waals surface area (Å²) < 4.78 is 13.7. The fraction of sp³-hybridized carbons (Fsp3) is 0.400. The van der Waals surface area contributed by atoms with Crippen LogP contribution in [0.5, 0.6) is 0 Å². The maximum atomic E-state index is 13.7. The van der Waals surface area contributed by atoms with E-state index < -0.39 is 5.82 Å². The van der Waals surface area contributed by atoms with Crippen molar-refractivity contribution in [2.45, 2.75) is 13.3 Å². The molecule has 1 unspecified atom stereocenters. The lowest BCUT2D eigenvalue weighted by Crippen LogP contribution is -2.28. The number of halogens is 1. The van der Waals surface area contributed by atoms with Crippen molar-refractivity contribution in [1.82, 2.24) is 4.90 Å². The summed E-state index contributed by atoms with van der Waals surface area (Å²) in [6.07, 6.45) is 0.994. The maximum absolute atomic E-state index is 13.7. The largest absolute Gasteiger partial charge is 0.384 e. The first-order chi connectivity index (χ1) is 9.11. The second kappa shape index (κ2) is 5.85. The van der Waals surface area contributed by atoms with Crippen LogP contribution in [0.2, 0.25) is 0 Å². The Balaban J connectivity index is 2.17. The zero-order chi connectivity index (χ0) is 13.8. The van der Waals surface area contributed by atoms with Crippen molar-refractivity contribution in [2.24, 2.45) is 5.92 Å². The molecule has 1 amide bonds. The predicted octanol–water partition coefficient (Wildman–Crippen LogP) is 1.65. The van der Waals surface area contributed by atoms with Gasteiger partial charge < -0.3 is 10.0 Å². The van der Waals surface area contributed by atoms with Crippen LogP contribution in [0.15, 0.2) is 18.2 Å². The molecule has 19 heavy (non-hydrogen) atoms. The van der Waals surface area contributed by atoms with Gasteiger partial charge >= 0.3 is 0 Å². The average Bonchev–Trinajstić information content (AvgIpc) is 2.83. The standard InChI is InChI=1S/C15H16FNO2/c1-11-6-7-17(10-11)15(19)13-5-4-12(3-2-8-18)14(16)9-13/h4-5,9,11,18H,6-8,10H2,1H3. The van der Waals surface area contributed by atoms with Crippen LogP contribution in [-0.2, 0) is 0 Å². The molecule has 1 aromatic rings. The molecule has 1 atom stereocenters. The summed E-state index contributed by atoms with van der Waals surface area (Å²) in [4.78, 5) is 13.9. The number of rotatable bonds is 1. The van der Waals surface area contributed by atoms with E-state index in [1.165, 1.54) is 12.1 Å². The fourth-order valence-electron chi connectivity index (χ4n) is 2.19. The second-order valence-corrected chi connectivity index (χ2v) is 4.80. The first-order valence-corrected chi connectivity index (χ1v) is 6.30. The number of amides is 1. The summed E-state index contributed by atoms with van der Waals surface area (Å²) >= 11 is 0. The summed E-state index contributed by atoms with van der Waals surface area (Å²) in [7, 11) is 0. The number of carbonyl (C=O) groups is 1. The Morgan fingerprint density at radius 2 is 2.37 bits per heavy atom. The maximum Gasteiger partial charge on any atom is 0.253 e. The van der Waals surface area contributed by atoms with Crippen LogP contribution in [0, 0.1) is 23.6 Å². The molecule has 0 aromatic heterocycles. The second-order valence-electron chi connectivity index (χ2n) is 4.80. The zero-order valence-electron chi connectivity index (χ0n) is 10.8. The van der Waals surface area contributed by atoms with Gasteiger partial charge in [-0.05, 0) is 30.5 Å². The minimum Gasteiger partial charge on any atom is -0.384 e. The van der Waals surface area contributed by atoms with E-state index in [0.717, 1.165) is 19.5 Å². The van der Waals surface area contributed by atoms with Gasteiger partial charge in [-0.3, -0.25) is 4.79 Å². The number of carbonyl (C=O) groups excluding carboxylic acids is 1. The van der Waals surface area contributed by atoms with Crippen LogP contribution >= 0.6 is 0 Å². The van der Waals surface area contributed by atoms with Crippen LogP contribution in [0.4, 0.5) is 4.39 Å². The predicted molar refractivity (Wildman–Crippen MR) is 70.0 cm³/mol. The first kappa shape index (κ1) is 13.6. The molecular formula is C15H16FNO2. The smallest absolute Gasteiger partial charge is 0.253 e. The lowest BCUT2D eigenvalue weighted by atomic mass is 10.1. The number of nitrogens with zero attached hydrogens (tertiary/aromatic N) is 1. The van der Waals surface area contributed by atoms with Gasteiger partial charge in [-0.2, -0.15) is 0 Å². The Bertz CT molecular complexity index is 545. The number of hydrogen-bond donors (Lipinski definition) is 1. The van der Waals surface area contributed by atoms with Gasteiger partial charge in [-0.15, -0.1) is 0 Å². The third-order valence-electron chi connectivity index (χ3n) is 3.23. The van der Waals surface area contributed by atoms with E-state index in [9.17, 15) is 9.18 Å². The molecule has 0 spiro atoms. The van der Waals surface area contributed by atoms with Crippen molar-refractivity contribution in [3.05, 3.63) is 35.1 Å². The highest BCUT2D eigenvalue weighted by Gasteiger charge is 2.24. The van der Waals surface area contributed by atoms with Gasteiger partial charge in [-0.1, -0.05) is 18.8 Å². The van der Waals surface area contributed by atoms with Crippen molar-refractivity contribution in [3.8, 4) is 11.8 Å². The Hall–Kier alpha value is -1.86. The van der Waals surface area contributed by atoms with Crippen LogP contribution in [-0.4, -0.2) is 35.6 Å². The molecule has 2 rings (SSSR count). The third kappa shape index (κ3) is 3.12. The molecule has 0 bridgehead atoms. The van der Waals surface area contributed by atoms with Gasteiger partial charge in [0, 0.05) is 18.7 Å². The summed E-state index contributed by atoms with van der Waals surface area (Å²) in [6, 6.07) is 4.27. The quantitative estimate of drug-likeness (QED) is 0.781. The summed E-state index contributed by atoms with van der Waals surface area (Å²) in [5, 5.41) is 8.57. The molecule has 1 heterocycles. The number of aliphatic hydroxyl groups excluding tert-OH is 1. The number of aliphatic hydroxyl groups is 1. The van der Waals surface area contributed by atoms with E-state index >= 15 is 0 Å². The van der Waals surface area contributed by atoms with E-state index in [-0.39, 0.29) is 18.1 Å².